The Morgan fingerprint density at radius 3 is 2.41 bits per heavy atom. The lowest BCUT2D eigenvalue weighted by Gasteiger charge is -2.31. The lowest BCUT2D eigenvalue weighted by atomic mass is 9.90. The number of benzene rings is 2. The lowest BCUT2D eigenvalue weighted by Crippen LogP contribution is -2.38. The predicted molar refractivity (Wildman–Crippen MR) is 121 cm³/mol. The van der Waals surface area contributed by atoms with Crippen molar-refractivity contribution < 1.29 is 22.4 Å². The fourth-order valence-electron chi connectivity index (χ4n) is 4.15. The molecule has 0 saturated carbocycles. The molecule has 1 amide bonds. The third kappa shape index (κ3) is 5.05. The number of piperidine rings is 1. The molecule has 1 saturated heterocycles. The van der Waals surface area contributed by atoms with E-state index in [0.717, 1.165) is 19.3 Å². The van der Waals surface area contributed by atoms with Crippen LogP contribution in [-0.4, -0.2) is 39.4 Å². The van der Waals surface area contributed by atoms with Crippen molar-refractivity contribution in [2.24, 2.45) is 5.92 Å². The molecule has 2 aromatic carbocycles. The van der Waals surface area contributed by atoms with Crippen molar-refractivity contribution in [3.63, 3.8) is 0 Å². The standard InChI is InChI=1S/C25H27NO5S/c1-30-22-9-5-6-10-24(22)32(28,29)18-21-11-12-23(31-21)25(27)26-15-13-20(14-16-26)17-19-7-3-2-4-8-19/h2-12,20H,13-18H2,1H3. The average Bonchev–Trinajstić information content (AvgIpc) is 3.27. The molecule has 0 radical (unpaired) electrons. The number of hydrogen-bond donors (Lipinski definition) is 0. The molecular weight excluding hydrogens is 426 g/mol. The predicted octanol–water partition coefficient (Wildman–Crippen LogP) is 4.36. The van der Waals surface area contributed by atoms with Crippen LogP contribution in [0.2, 0.25) is 0 Å². The Bertz CT molecular complexity index is 1160. The highest BCUT2D eigenvalue weighted by Gasteiger charge is 2.27. The lowest BCUT2D eigenvalue weighted by molar-refractivity contribution is 0.0657. The maximum absolute atomic E-state index is 12.9. The first kappa shape index (κ1) is 22.1. The number of para-hydroxylation sites is 1. The molecule has 1 aliphatic heterocycles. The van der Waals surface area contributed by atoms with Crippen LogP contribution in [0.25, 0.3) is 0 Å². The number of sulfone groups is 1. The highest BCUT2D eigenvalue weighted by atomic mass is 32.2. The molecular formula is C25H27NO5S. The van der Waals surface area contributed by atoms with Crippen LogP contribution in [0.4, 0.5) is 0 Å². The zero-order valence-electron chi connectivity index (χ0n) is 18.1. The van der Waals surface area contributed by atoms with E-state index in [1.165, 1.54) is 18.7 Å². The third-order valence-corrected chi connectivity index (χ3v) is 7.55. The maximum Gasteiger partial charge on any atom is 0.289 e. The van der Waals surface area contributed by atoms with Gasteiger partial charge in [-0.1, -0.05) is 42.5 Å². The van der Waals surface area contributed by atoms with Gasteiger partial charge < -0.3 is 14.1 Å². The van der Waals surface area contributed by atoms with Gasteiger partial charge in [-0.15, -0.1) is 0 Å². The molecule has 1 aromatic heterocycles. The molecule has 0 atom stereocenters. The number of furan rings is 1. The van der Waals surface area contributed by atoms with Crippen LogP contribution >= 0.6 is 0 Å². The van der Waals surface area contributed by atoms with Gasteiger partial charge in [-0.2, -0.15) is 0 Å². The van der Waals surface area contributed by atoms with E-state index in [1.54, 1.807) is 35.2 Å². The first-order valence-corrected chi connectivity index (χ1v) is 12.4. The molecule has 7 heteroatoms. The van der Waals surface area contributed by atoms with Crippen LogP contribution in [0.3, 0.4) is 0 Å². The molecule has 0 aliphatic carbocycles. The van der Waals surface area contributed by atoms with E-state index in [1.807, 2.05) is 6.07 Å². The molecule has 2 heterocycles. The number of methoxy groups -OCH3 is 1. The Morgan fingerprint density at radius 1 is 1.00 bits per heavy atom. The smallest absolute Gasteiger partial charge is 0.289 e. The van der Waals surface area contributed by atoms with Gasteiger partial charge in [-0.3, -0.25) is 4.79 Å². The van der Waals surface area contributed by atoms with Gasteiger partial charge >= 0.3 is 0 Å². The minimum absolute atomic E-state index is 0.104. The van der Waals surface area contributed by atoms with Gasteiger partial charge in [0.2, 0.25) is 0 Å². The van der Waals surface area contributed by atoms with Crippen LogP contribution in [0.1, 0.15) is 34.7 Å². The topological polar surface area (TPSA) is 76.8 Å². The van der Waals surface area contributed by atoms with Crippen molar-refractivity contribution in [2.45, 2.75) is 29.9 Å². The van der Waals surface area contributed by atoms with Crippen molar-refractivity contribution in [1.29, 1.82) is 0 Å². The Kier molecular flexibility index (Phi) is 6.65. The van der Waals surface area contributed by atoms with Crippen LogP contribution in [-0.2, 0) is 22.0 Å². The summed E-state index contributed by atoms with van der Waals surface area (Å²) in [5.74, 6) is 0.729. The summed E-state index contributed by atoms with van der Waals surface area (Å²) in [5.41, 5.74) is 1.32. The van der Waals surface area contributed by atoms with E-state index in [0.29, 0.717) is 19.0 Å². The molecule has 32 heavy (non-hydrogen) atoms. The van der Waals surface area contributed by atoms with Gasteiger partial charge in [0.25, 0.3) is 5.91 Å². The van der Waals surface area contributed by atoms with Gasteiger partial charge in [0.05, 0.1) is 7.11 Å². The van der Waals surface area contributed by atoms with Crippen molar-refractivity contribution >= 4 is 15.7 Å². The monoisotopic (exact) mass is 453 g/mol. The first-order chi connectivity index (χ1) is 15.5. The first-order valence-electron chi connectivity index (χ1n) is 10.7. The minimum Gasteiger partial charge on any atom is -0.495 e. The highest BCUT2D eigenvalue weighted by Crippen LogP contribution is 2.27. The van der Waals surface area contributed by atoms with Crippen LogP contribution in [0.5, 0.6) is 5.75 Å². The van der Waals surface area contributed by atoms with Crippen LogP contribution in [0, 0.1) is 5.92 Å². The van der Waals surface area contributed by atoms with Crippen molar-refractivity contribution in [2.75, 3.05) is 20.2 Å². The summed E-state index contributed by atoms with van der Waals surface area (Å²) in [6.07, 6.45) is 2.90. The Morgan fingerprint density at radius 2 is 1.69 bits per heavy atom. The number of carbonyl (C=O) groups excluding carboxylic acids is 1. The summed E-state index contributed by atoms with van der Waals surface area (Å²) < 4.78 is 36.4. The quantitative estimate of drug-likeness (QED) is 0.531. The largest absolute Gasteiger partial charge is 0.495 e. The molecule has 0 unspecified atom stereocenters. The van der Waals surface area contributed by atoms with E-state index >= 15 is 0 Å². The van der Waals surface area contributed by atoms with Crippen molar-refractivity contribution in [3.05, 3.63) is 83.8 Å². The Balaban J connectivity index is 1.37. The van der Waals surface area contributed by atoms with E-state index < -0.39 is 9.84 Å². The number of hydrogen-bond acceptors (Lipinski definition) is 5. The van der Waals surface area contributed by atoms with Crippen molar-refractivity contribution in [3.8, 4) is 5.75 Å². The van der Waals surface area contributed by atoms with Crippen molar-refractivity contribution in [1.82, 2.24) is 4.90 Å². The number of rotatable bonds is 7. The zero-order chi connectivity index (χ0) is 22.6. The van der Waals surface area contributed by atoms with E-state index in [4.69, 9.17) is 9.15 Å². The summed E-state index contributed by atoms with van der Waals surface area (Å²) >= 11 is 0. The molecule has 0 N–H and O–H groups in total. The Hall–Kier alpha value is -3.06. The van der Waals surface area contributed by atoms with E-state index in [-0.39, 0.29) is 33.8 Å². The summed E-state index contributed by atoms with van der Waals surface area (Å²) in [4.78, 5) is 14.8. The SMILES string of the molecule is COc1ccccc1S(=O)(=O)Cc1ccc(C(=O)N2CCC(Cc3ccccc3)CC2)o1. The van der Waals surface area contributed by atoms with E-state index in [9.17, 15) is 13.2 Å². The van der Waals surface area contributed by atoms with Crippen LogP contribution in [0.15, 0.2) is 76.0 Å². The number of nitrogens with zero attached hydrogens (tertiary/aromatic N) is 1. The molecule has 168 valence electrons. The number of likely N-dealkylation sites (tertiary alicyclic amines) is 1. The average molecular weight is 454 g/mol. The summed E-state index contributed by atoms with van der Waals surface area (Å²) in [6.45, 7) is 1.34. The summed E-state index contributed by atoms with van der Waals surface area (Å²) in [6, 6.07) is 20.0. The molecule has 0 spiro atoms. The van der Waals surface area contributed by atoms with E-state index in [2.05, 4.69) is 24.3 Å². The number of carbonyl (C=O) groups is 1. The number of ether oxygens (including phenoxy) is 1. The second kappa shape index (κ2) is 9.61. The normalized spacial score (nSPS) is 15.0. The molecule has 3 aromatic rings. The van der Waals surface area contributed by atoms with Gasteiger partial charge in [-0.25, -0.2) is 8.42 Å². The number of amides is 1. The molecule has 6 nitrogen and oxygen atoms in total. The third-order valence-electron chi connectivity index (χ3n) is 5.88. The highest BCUT2D eigenvalue weighted by molar-refractivity contribution is 7.90. The maximum atomic E-state index is 12.9. The minimum atomic E-state index is -3.67. The zero-order valence-corrected chi connectivity index (χ0v) is 18.9. The fraction of sp³-hybridized carbons (Fsp3) is 0.320. The Labute approximate surface area is 188 Å². The fourth-order valence-corrected chi connectivity index (χ4v) is 5.58. The molecule has 1 aliphatic rings. The van der Waals surface area contributed by atoms with Gasteiger partial charge in [0.1, 0.15) is 22.2 Å². The summed E-state index contributed by atoms with van der Waals surface area (Å²) in [7, 11) is -2.24. The second-order valence-electron chi connectivity index (χ2n) is 8.10. The second-order valence-corrected chi connectivity index (χ2v) is 10.1. The van der Waals surface area contributed by atoms with Gasteiger partial charge in [0, 0.05) is 13.1 Å². The van der Waals surface area contributed by atoms with Gasteiger partial charge in [0.15, 0.2) is 15.6 Å². The van der Waals surface area contributed by atoms with Crippen LogP contribution < -0.4 is 4.74 Å². The van der Waals surface area contributed by atoms with Gasteiger partial charge in [-0.05, 0) is 55.0 Å². The summed E-state index contributed by atoms with van der Waals surface area (Å²) in [5, 5.41) is 0. The molecule has 0 bridgehead atoms. The molecule has 1 fully saturated rings. The molecule has 4 rings (SSSR count).